The second kappa shape index (κ2) is 12.3. The van der Waals surface area contributed by atoms with Crippen molar-refractivity contribution >= 4 is 59.0 Å². The predicted octanol–water partition coefficient (Wildman–Crippen LogP) is 5.55. The monoisotopic (exact) mass is 438 g/mol. The number of rotatable bonds is 13. The molecule has 0 spiro atoms. The van der Waals surface area contributed by atoms with Gasteiger partial charge in [-0.05, 0) is 39.2 Å². The standard InChI is InChI=1S/C18H30O4S4/c1-9-23-17(7,21-15(19)13(3)4)25-11-12-26-18(8,24-10-2)22-16(20)14(5)6/h3,5,9-12H2,1-2,4,6-8H3. The van der Waals surface area contributed by atoms with Crippen LogP contribution in [0.15, 0.2) is 24.3 Å². The Morgan fingerprint density at radius 2 is 1.08 bits per heavy atom. The molecule has 0 fully saturated rings. The zero-order valence-electron chi connectivity index (χ0n) is 16.5. The number of thioether (sulfide) groups is 4. The van der Waals surface area contributed by atoms with Crippen LogP contribution in [0.3, 0.4) is 0 Å². The minimum Gasteiger partial charge on any atom is -0.435 e. The van der Waals surface area contributed by atoms with Crippen molar-refractivity contribution in [3.8, 4) is 0 Å². The van der Waals surface area contributed by atoms with Gasteiger partial charge in [0.1, 0.15) is 0 Å². The van der Waals surface area contributed by atoms with E-state index in [0.29, 0.717) is 11.1 Å². The van der Waals surface area contributed by atoms with Crippen molar-refractivity contribution in [2.75, 3.05) is 23.0 Å². The number of ether oxygens (including phenoxy) is 2. The maximum atomic E-state index is 11.9. The van der Waals surface area contributed by atoms with Gasteiger partial charge in [-0.25, -0.2) is 9.59 Å². The number of esters is 2. The van der Waals surface area contributed by atoms with E-state index >= 15 is 0 Å². The molecule has 0 radical (unpaired) electrons. The minimum absolute atomic E-state index is 0.379. The lowest BCUT2D eigenvalue weighted by Gasteiger charge is -2.30. The zero-order chi connectivity index (χ0) is 20.4. The Hall–Kier alpha value is -0.180. The van der Waals surface area contributed by atoms with E-state index < -0.39 is 8.53 Å². The lowest BCUT2D eigenvalue weighted by molar-refractivity contribution is -0.142. The SMILES string of the molecule is C=C(C)C(=O)OC(C)(SCC)SCCSC(C)(OC(=O)C(=C)C)SCC. The summed E-state index contributed by atoms with van der Waals surface area (Å²) in [6.45, 7) is 18.4. The maximum Gasteiger partial charge on any atom is 0.335 e. The van der Waals surface area contributed by atoms with Crippen molar-refractivity contribution in [3.05, 3.63) is 24.3 Å². The maximum absolute atomic E-state index is 11.9. The Labute approximate surface area is 175 Å². The van der Waals surface area contributed by atoms with E-state index in [1.807, 2.05) is 27.7 Å². The summed E-state index contributed by atoms with van der Waals surface area (Å²) in [4.78, 5) is 23.7. The fourth-order valence-electron chi connectivity index (χ4n) is 1.69. The first-order valence-electron chi connectivity index (χ1n) is 8.32. The first-order valence-corrected chi connectivity index (χ1v) is 12.3. The van der Waals surface area contributed by atoms with Gasteiger partial charge in [-0.2, -0.15) is 0 Å². The van der Waals surface area contributed by atoms with Gasteiger partial charge in [0.05, 0.1) is 0 Å². The van der Waals surface area contributed by atoms with Gasteiger partial charge in [-0.15, -0.1) is 47.0 Å². The summed E-state index contributed by atoms with van der Waals surface area (Å²) >= 11 is 6.29. The summed E-state index contributed by atoms with van der Waals surface area (Å²) in [6.07, 6.45) is 0. The lowest BCUT2D eigenvalue weighted by atomic mass is 10.4. The van der Waals surface area contributed by atoms with Gasteiger partial charge >= 0.3 is 11.9 Å². The molecule has 0 aromatic carbocycles. The highest BCUT2D eigenvalue weighted by Crippen LogP contribution is 2.42. The van der Waals surface area contributed by atoms with Crippen LogP contribution in [0.5, 0.6) is 0 Å². The van der Waals surface area contributed by atoms with Crippen LogP contribution < -0.4 is 0 Å². The number of hydrogen-bond acceptors (Lipinski definition) is 8. The van der Waals surface area contributed by atoms with Gasteiger partial charge < -0.3 is 9.47 Å². The molecular formula is C18H30O4S4. The van der Waals surface area contributed by atoms with Crippen LogP contribution in [-0.2, 0) is 19.1 Å². The van der Waals surface area contributed by atoms with E-state index in [4.69, 9.17) is 9.47 Å². The first-order chi connectivity index (χ1) is 12.0. The molecule has 0 saturated heterocycles. The van der Waals surface area contributed by atoms with E-state index in [0.717, 1.165) is 23.0 Å². The lowest BCUT2D eigenvalue weighted by Crippen LogP contribution is -2.27. The Balaban J connectivity index is 4.71. The summed E-state index contributed by atoms with van der Waals surface area (Å²) in [6, 6.07) is 0. The van der Waals surface area contributed by atoms with E-state index in [1.54, 1.807) is 60.9 Å². The second-order valence-electron chi connectivity index (χ2n) is 5.63. The molecule has 0 amide bonds. The van der Waals surface area contributed by atoms with Crippen LogP contribution in [-0.4, -0.2) is 43.5 Å². The van der Waals surface area contributed by atoms with Gasteiger partial charge in [-0.3, -0.25) is 0 Å². The van der Waals surface area contributed by atoms with Crippen molar-refractivity contribution in [2.24, 2.45) is 0 Å². The van der Waals surface area contributed by atoms with Crippen molar-refractivity contribution in [1.29, 1.82) is 0 Å². The third kappa shape index (κ3) is 10.2. The molecule has 150 valence electrons. The Bertz CT molecular complexity index is 477. The van der Waals surface area contributed by atoms with Gasteiger partial charge in [0.2, 0.25) is 8.53 Å². The molecule has 0 aliphatic carbocycles. The fraction of sp³-hybridized carbons (Fsp3) is 0.667. The van der Waals surface area contributed by atoms with Crippen molar-refractivity contribution in [3.63, 3.8) is 0 Å². The Kier molecular flexibility index (Phi) is 12.2. The third-order valence-corrected chi connectivity index (χ3v) is 8.38. The van der Waals surface area contributed by atoms with Crippen molar-refractivity contribution in [1.82, 2.24) is 0 Å². The highest BCUT2D eigenvalue weighted by atomic mass is 32.2. The molecule has 2 unspecified atom stereocenters. The molecule has 0 heterocycles. The third-order valence-electron chi connectivity index (χ3n) is 2.88. The first kappa shape index (κ1) is 25.8. The molecule has 0 rings (SSSR count). The predicted molar refractivity (Wildman–Crippen MR) is 120 cm³/mol. The van der Waals surface area contributed by atoms with Crippen molar-refractivity contribution < 1.29 is 19.1 Å². The molecular weight excluding hydrogens is 408 g/mol. The highest BCUT2D eigenvalue weighted by molar-refractivity contribution is 8.19. The summed E-state index contributed by atoms with van der Waals surface area (Å²) in [5.74, 6) is 2.41. The Morgan fingerprint density at radius 1 is 0.769 bits per heavy atom. The molecule has 4 nitrogen and oxygen atoms in total. The second-order valence-corrected chi connectivity index (χ2v) is 12.4. The molecule has 8 heteroatoms. The highest BCUT2D eigenvalue weighted by Gasteiger charge is 2.32. The molecule has 0 saturated carbocycles. The number of hydrogen-bond donors (Lipinski definition) is 0. The molecule has 0 aliphatic heterocycles. The molecule has 0 aromatic rings. The molecule has 26 heavy (non-hydrogen) atoms. The van der Waals surface area contributed by atoms with E-state index in [-0.39, 0.29) is 11.9 Å². The van der Waals surface area contributed by atoms with Crippen molar-refractivity contribution in [2.45, 2.75) is 50.1 Å². The minimum atomic E-state index is -0.659. The van der Waals surface area contributed by atoms with Gasteiger partial charge in [0.15, 0.2) is 0 Å². The molecule has 0 N–H and O–H groups in total. The summed E-state index contributed by atoms with van der Waals surface area (Å²) in [5.41, 5.74) is 0.781. The van der Waals surface area contributed by atoms with Crippen LogP contribution in [0.1, 0.15) is 41.5 Å². The molecule has 0 bridgehead atoms. The van der Waals surface area contributed by atoms with Gasteiger partial charge in [0, 0.05) is 22.7 Å². The van der Waals surface area contributed by atoms with Gasteiger partial charge in [0.25, 0.3) is 0 Å². The quantitative estimate of drug-likeness (QED) is 0.161. The molecule has 0 aromatic heterocycles. The smallest absolute Gasteiger partial charge is 0.335 e. The molecule has 2 atom stereocenters. The fourth-order valence-corrected chi connectivity index (χ4v) is 6.56. The van der Waals surface area contributed by atoms with Gasteiger partial charge in [-0.1, -0.05) is 27.0 Å². The largest absolute Gasteiger partial charge is 0.435 e. The number of carbonyl (C=O) groups excluding carboxylic acids is 2. The summed E-state index contributed by atoms with van der Waals surface area (Å²) in [5, 5.41) is 0. The zero-order valence-corrected chi connectivity index (χ0v) is 19.8. The van der Waals surface area contributed by atoms with E-state index in [1.165, 1.54) is 0 Å². The normalized spacial score (nSPS) is 15.5. The van der Waals surface area contributed by atoms with Crippen LogP contribution in [0.2, 0.25) is 0 Å². The van der Waals surface area contributed by atoms with Crippen LogP contribution in [0, 0.1) is 0 Å². The molecule has 0 aliphatic rings. The van der Waals surface area contributed by atoms with Crippen LogP contribution >= 0.6 is 47.0 Å². The summed E-state index contributed by atoms with van der Waals surface area (Å²) in [7, 11) is 0. The average molecular weight is 439 g/mol. The Morgan fingerprint density at radius 3 is 1.31 bits per heavy atom. The van der Waals surface area contributed by atoms with Crippen LogP contribution in [0.4, 0.5) is 0 Å². The average Bonchev–Trinajstić information content (AvgIpc) is 2.51. The topological polar surface area (TPSA) is 52.6 Å². The number of carbonyl (C=O) groups is 2. The van der Waals surface area contributed by atoms with E-state index in [2.05, 4.69) is 13.2 Å². The van der Waals surface area contributed by atoms with E-state index in [9.17, 15) is 9.59 Å². The summed E-state index contributed by atoms with van der Waals surface area (Å²) < 4.78 is 9.87. The van der Waals surface area contributed by atoms with Crippen LogP contribution in [0.25, 0.3) is 0 Å².